The van der Waals surface area contributed by atoms with Crippen LogP contribution in [0.25, 0.3) is 0 Å². The second-order valence-corrected chi connectivity index (χ2v) is 8.75. The number of carbonyl (C=O) groups excluding carboxylic acids is 4. The summed E-state index contributed by atoms with van der Waals surface area (Å²) in [6, 6.07) is 4.55. The van der Waals surface area contributed by atoms with Gasteiger partial charge in [0.15, 0.2) is 0 Å². The fraction of sp³-hybridized carbons (Fsp3) is 0.500. The molecule has 0 aromatic heterocycles. The molecule has 2 atom stereocenters. The average Bonchev–Trinajstić information content (AvgIpc) is 2.74. The van der Waals surface area contributed by atoms with Crippen LogP contribution in [0.3, 0.4) is 0 Å². The van der Waals surface area contributed by atoms with Crippen molar-refractivity contribution in [1.29, 1.82) is 0 Å². The zero-order chi connectivity index (χ0) is 25.3. The van der Waals surface area contributed by atoms with Gasteiger partial charge in [0.1, 0.15) is 24.2 Å². The Labute approximate surface area is 195 Å². The van der Waals surface area contributed by atoms with Crippen molar-refractivity contribution in [3.05, 3.63) is 35.4 Å². The SMILES string of the molecule is C#Cc1ccccc1C(C(=O)NCC(=O)OC)N(C)C(=O)C(NC(=O)OC(C)(C)C)C(C)C. The molecule has 9 heteroatoms. The summed E-state index contributed by atoms with van der Waals surface area (Å²) in [5.41, 5.74) is 0.0670. The summed E-state index contributed by atoms with van der Waals surface area (Å²) in [5, 5.41) is 5.06. The Kier molecular flexibility index (Phi) is 9.92. The number of carbonyl (C=O) groups is 4. The molecule has 1 rings (SSSR count). The number of methoxy groups -OCH3 is 1. The van der Waals surface area contributed by atoms with Crippen LogP contribution >= 0.6 is 0 Å². The van der Waals surface area contributed by atoms with Gasteiger partial charge in [0.25, 0.3) is 0 Å². The third-order valence-corrected chi connectivity index (χ3v) is 4.63. The Balaban J connectivity index is 3.31. The normalized spacial score (nSPS) is 12.7. The van der Waals surface area contributed by atoms with Gasteiger partial charge in [-0.2, -0.15) is 0 Å². The lowest BCUT2D eigenvalue weighted by Crippen LogP contribution is -2.54. The zero-order valence-electron chi connectivity index (χ0n) is 20.2. The van der Waals surface area contributed by atoms with Crippen molar-refractivity contribution in [2.75, 3.05) is 20.7 Å². The fourth-order valence-corrected chi connectivity index (χ4v) is 3.02. The molecule has 2 unspecified atom stereocenters. The quantitative estimate of drug-likeness (QED) is 0.454. The van der Waals surface area contributed by atoms with Gasteiger partial charge in [0.2, 0.25) is 11.8 Å². The molecule has 3 amide bonds. The first kappa shape index (κ1) is 27.5. The molecule has 0 aliphatic rings. The molecule has 0 aliphatic carbocycles. The van der Waals surface area contributed by atoms with Gasteiger partial charge in [0, 0.05) is 12.6 Å². The number of esters is 1. The van der Waals surface area contributed by atoms with Crippen molar-refractivity contribution < 1.29 is 28.7 Å². The number of rotatable bonds is 8. The lowest BCUT2D eigenvalue weighted by molar-refractivity contribution is -0.144. The van der Waals surface area contributed by atoms with E-state index in [1.807, 2.05) is 0 Å². The Morgan fingerprint density at radius 2 is 1.76 bits per heavy atom. The summed E-state index contributed by atoms with van der Waals surface area (Å²) in [6.45, 7) is 8.27. The first-order chi connectivity index (χ1) is 15.3. The van der Waals surface area contributed by atoms with E-state index in [1.54, 1.807) is 58.9 Å². The minimum absolute atomic E-state index is 0.311. The van der Waals surface area contributed by atoms with Crippen molar-refractivity contribution in [3.63, 3.8) is 0 Å². The summed E-state index contributed by atoms with van der Waals surface area (Å²) in [7, 11) is 2.63. The number of likely N-dealkylation sites (N-methyl/N-ethyl adjacent to an activating group) is 1. The second kappa shape index (κ2) is 11.9. The number of hydrogen-bond acceptors (Lipinski definition) is 6. The number of nitrogens with one attached hydrogen (secondary N) is 2. The minimum Gasteiger partial charge on any atom is -0.468 e. The summed E-state index contributed by atoms with van der Waals surface area (Å²) in [4.78, 5) is 51.6. The van der Waals surface area contributed by atoms with E-state index in [9.17, 15) is 19.2 Å². The number of alkyl carbamates (subject to hydrolysis) is 1. The van der Waals surface area contributed by atoms with Gasteiger partial charge in [-0.3, -0.25) is 14.4 Å². The number of nitrogens with zero attached hydrogens (tertiary/aromatic N) is 1. The Morgan fingerprint density at radius 3 is 2.27 bits per heavy atom. The fourth-order valence-electron chi connectivity index (χ4n) is 3.02. The lowest BCUT2D eigenvalue weighted by atomic mass is 9.96. The standard InChI is InChI=1S/C24H33N3O6/c1-9-16-12-10-11-13-17(16)20(21(29)25-14-18(28)32-8)27(7)22(30)19(15(2)3)26-23(31)33-24(4,5)6/h1,10-13,15,19-20H,14H2,2-8H3,(H,25,29)(H,26,31). The molecule has 2 N–H and O–H groups in total. The highest BCUT2D eigenvalue weighted by Gasteiger charge is 2.36. The van der Waals surface area contributed by atoms with Gasteiger partial charge in [0.05, 0.1) is 7.11 Å². The smallest absolute Gasteiger partial charge is 0.408 e. The van der Waals surface area contributed by atoms with E-state index < -0.39 is 41.6 Å². The number of terminal acetylenes is 1. The molecule has 0 heterocycles. The molecule has 1 aromatic rings. The largest absolute Gasteiger partial charge is 0.468 e. The first-order valence-electron chi connectivity index (χ1n) is 10.5. The molecule has 1 aromatic carbocycles. The average molecular weight is 460 g/mol. The minimum atomic E-state index is -1.16. The maximum atomic E-state index is 13.4. The van der Waals surface area contributed by atoms with E-state index in [4.69, 9.17) is 11.2 Å². The van der Waals surface area contributed by atoms with Crippen LogP contribution in [-0.4, -0.2) is 61.1 Å². The van der Waals surface area contributed by atoms with Gasteiger partial charge in [-0.05, 0) is 38.3 Å². The number of amides is 3. The highest BCUT2D eigenvalue weighted by Crippen LogP contribution is 2.25. The van der Waals surface area contributed by atoms with E-state index >= 15 is 0 Å². The molecule has 0 bridgehead atoms. The molecular formula is C24H33N3O6. The summed E-state index contributed by atoms with van der Waals surface area (Å²) in [5.74, 6) is 0.402. The van der Waals surface area contributed by atoms with Crippen molar-refractivity contribution in [2.24, 2.45) is 5.92 Å². The van der Waals surface area contributed by atoms with Crippen molar-refractivity contribution >= 4 is 23.9 Å². The molecule has 0 saturated heterocycles. The van der Waals surface area contributed by atoms with E-state index in [1.165, 1.54) is 19.1 Å². The summed E-state index contributed by atoms with van der Waals surface area (Å²) in [6.07, 6.45) is 4.86. The Bertz CT molecular complexity index is 914. The van der Waals surface area contributed by atoms with E-state index in [0.717, 1.165) is 0 Å². The monoisotopic (exact) mass is 459 g/mol. The van der Waals surface area contributed by atoms with E-state index in [-0.39, 0.29) is 12.5 Å². The van der Waals surface area contributed by atoms with Gasteiger partial charge in [-0.25, -0.2) is 4.79 Å². The van der Waals surface area contributed by atoms with E-state index in [2.05, 4.69) is 21.3 Å². The van der Waals surface area contributed by atoms with Gasteiger partial charge in [-0.1, -0.05) is 38.0 Å². The number of ether oxygens (including phenoxy) is 2. The van der Waals surface area contributed by atoms with Crippen molar-refractivity contribution in [2.45, 2.75) is 52.3 Å². The maximum Gasteiger partial charge on any atom is 0.408 e. The zero-order valence-corrected chi connectivity index (χ0v) is 20.2. The Hall–Kier alpha value is -3.54. The van der Waals surface area contributed by atoms with Gasteiger partial charge >= 0.3 is 12.1 Å². The van der Waals surface area contributed by atoms with Crippen LogP contribution < -0.4 is 10.6 Å². The van der Waals surface area contributed by atoms with Crippen LogP contribution in [0.1, 0.15) is 51.8 Å². The topological polar surface area (TPSA) is 114 Å². The summed E-state index contributed by atoms with van der Waals surface area (Å²) >= 11 is 0. The number of benzene rings is 1. The van der Waals surface area contributed by atoms with Crippen LogP contribution in [0.2, 0.25) is 0 Å². The third kappa shape index (κ3) is 8.15. The molecule has 9 nitrogen and oxygen atoms in total. The van der Waals surface area contributed by atoms with Crippen LogP contribution in [0.5, 0.6) is 0 Å². The van der Waals surface area contributed by atoms with Crippen molar-refractivity contribution in [1.82, 2.24) is 15.5 Å². The van der Waals surface area contributed by atoms with Crippen molar-refractivity contribution in [3.8, 4) is 12.3 Å². The highest BCUT2D eigenvalue weighted by atomic mass is 16.6. The third-order valence-electron chi connectivity index (χ3n) is 4.63. The maximum absolute atomic E-state index is 13.4. The molecule has 0 fully saturated rings. The number of hydrogen-bond donors (Lipinski definition) is 2. The molecule has 0 radical (unpaired) electrons. The second-order valence-electron chi connectivity index (χ2n) is 8.75. The molecule has 0 aliphatic heterocycles. The predicted molar refractivity (Wildman–Crippen MR) is 123 cm³/mol. The van der Waals surface area contributed by atoms with Crippen LogP contribution in [0.4, 0.5) is 4.79 Å². The van der Waals surface area contributed by atoms with E-state index in [0.29, 0.717) is 11.1 Å². The van der Waals surface area contributed by atoms with Crippen LogP contribution in [-0.2, 0) is 23.9 Å². The molecular weight excluding hydrogens is 426 g/mol. The molecule has 0 spiro atoms. The summed E-state index contributed by atoms with van der Waals surface area (Å²) < 4.78 is 9.84. The van der Waals surface area contributed by atoms with Gasteiger partial charge in [-0.15, -0.1) is 6.42 Å². The molecule has 0 saturated carbocycles. The Morgan fingerprint density at radius 1 is 1.15 bits per heavy atom. The first-order valence-corrected chi connectivity index (χ1v) is 10.5. The van der Waals surface area contributed by atoms with Crippen LogP contribution in [0, 0.1) is 18.3 Å². The molecule has 33 heavy (non-hydrogen) atoms. The highest BCUT2D eigenvalue weighted by molar-refractivity contribution is 5.93. The van der Waals surface area contributed by atoms with Crippen LogP contribution in [0.15, 0.2) is 24.3 Å². The molecule has 180 valence electrons. The predicted octanol–water partition coefficient (Wildman–Crippen LogP) is 2.01. The lowest BCUT2D eigenvalue weighted by Gasteiger charge is -2.33. The van der Waals surface area contributed by atoms with Gasteiger partial charge < -0.3 is 25.0 Å².